The molecule has 1 heterocycles. The molecule has 0 unspecified atom stereocenters. The summed E-state index contributed by atoms with van der Waals surface area (Å²) in [7, 11) is -2.39. The van der Waals surface area contributed by atoms with Crippen molar-refractivity contribution in [2.24, 2.45) is 0 Å². The minimum Gasteiger partial charge on any atom is -0.465 e. The molecule has 8 heteroatoms. The van der Waals surface area contributed by atoms with Crippen molar-refractivity contribution in [2.45, 2.75) is 17.7 Å². The number of esters is 1. The van der Waals surface area contributed by atoms with Crippen molar-refractivity contribution in [3.05, 3.63) is 64.2 Å². The van der Waals surface area contributed by atoms with Crippen LogP contribution in [0.2, 0.25) is 5.02 Å². The monoisotopic (exact) mass is 409 g/mol. The zero-order valence-electron chi connectivity index (χ0n) is 14.1. The summed E-state index contributed by atoms with van der Waals surface area (Å²) >= 11 is 7.21. The van der Waals surface area contributed by atoms with Crippen LogP contribution in [0.15, 0.2) is 46.7 Å². The summed E-state index contributed by atoms with van der Waals surface area (Å²) < 4.78 is 33.9. The molecule has 1 N–H and O–H groups in total. The lowest BCUT2D eigenvalue weighted by Crippen LogP contribution is -2.23. The second-order valence-electron chi connectivity index (χ2n) is 5.67. The van der Waals surface area contributed by atoms with E-state index in [9.17, 15) is 13.2 Å². The Kier molecular flexibility index (Phi) is 5.34. The maximum atomic E-state index is 12.7. The van der Waals surface area contributed by atoms with Gasteiger partial charge in [-0.2, -0.15) is 0 Å². The van der Waals surface area contributed by atoms with Gasteiger partial charge >= 0.3 is 5.97 Å². The van der Waals surface area contributed by atoms with Gasteiger partial charge in [-0.3, -0.25) is 0 Å². The van der Waals surface area contributed by atoms with Crippen LogP contribution < -0.4 is 4.72 Å². The summed E-state index contributed by atoms with van der Waals surface area (Å²) in [6.45, 7) is 1.84. The Morgan fingerprint density at radius 2 is 2.00 bits per heavy atom. The van der Waals surface area contributed by atoms with Gasteiger partial charge < -0.3 is 4.74 Å². The molecule has 2 aromatic carbocycles. The summed E-state index contributed by atoms with van der Waals surface area (Å²) in [5, 5.41) is 1.39. The van der Waals surface area contributed by atoms with Gasteiger partial charge in [-0.25, -0.2) is 17.9 Å². The van der Waals surface area contributed by atoms with Crippen molar-refractivity contribution in [1.82, 2.24) is 4.72 Å². The van der Waals surface area contributed by atoms with Gasteiger partial charge in [0, 0.05) is 16.3 Å². The molecule has 0 aliphatic heterocycles. The molecule has 0 fully saturated rings. The molecule has 0 amide bonds. The Balaban J connectivity index is 1.86. The first-order valence-electron chi connectivity index (χ1n) is 7.67. The number of benzene rings is 2. The SMILES string of the molecule is COC(=O)c1cccc(CNS(=O)(=O)c2sc3ccc(Cl)cc3c2C)c1. The van der Waals surface area contributed by atoms with Crippen LogP contribution in [0.4, 0.5) is 0 Å². The Morgan fingerprint density at radius 3 is 2.73 bits per heavy atom. The van der Waals surface area contributed by atoms with Crippen molar-refractivity contribution in [2.75, 3.05) is 7.11 Å². The lowest BCUT2D eigenvalue weighted by molar-refractivity contribution is 0.0600. The number of carbonyl (C=O) groups is 1. The number of fused-ring (bicyclic) bond motifs is 1. The van der Waals surface area contributed by atoms with Crippen molar-refractivity contribution < 1.29 is 17.9 Å². The highest BCUT2D eigenvalue weighted by Gasteiger charge is 2.21. The molecule has 5 nitrogen and oxygen atoms in total. The highest BCUT2D eigenvalue weighted by Crippen LogP contribution is 2.35. The van der Waals surface area contributed by atoms with Crippen LogP contribution in [0, 0.1) is 6.92 Å². The molecule has 0 saturated carbocycles. The molecular formula is C18H16ClNO4S2. The lowest BCUT2D eigenvalue weighted by atomic mass is 10.1. The minimum atomic E-state index is -3.69. The number of aryl methyl sites for hydroxylation is 1. The second-order valence-corrected chi connectivity index (χ2v) is 9.12. The fourth-order valence-electron chi connectivity index (χ4n) is 2.60. The van der Waals surface area contributed by atoms with Crippen LogP contribution in [0.25, 0.3) is 10.1 Å². The molecule has 0 spiro atoms. The van der Waals surface area contributed by atoms with Crippen molar-refractivity contribution in [3.63, 3.8) is 0 Å². The van der Waals surface area contributed by atoms with Gasteiger partial charge in [0.1, 0.15) is 4.21 Å². The van der Waals surface area contributed by atoms with E-state index in [1.165, 1.54) is 18.4 Å². The summed E-state index contributed by atoms with van der Waals surface area (Å²) in [6, 6.07) is 12.0. The van der Waals surface area contributed by atoms with Crippen LogP contribution in [-0.4, -0.2) is 21.5 Å². The summed E-state index contributed by atoms with van der Waals surface area (Å²) in [6.07, 6.45) is 0. The van der Waals surface area contributed by atoms with E-state index < -0.39 is 16.0 Å². The quantitative estimate of drug-likeness (QED) is 0.643. The van der Waals surface area contributed by atoms with Gasteiger partial charge in [0.15, 0.2) is 0 Å². The normalized spacial score (nSPS) is 11.7. The van der Waals surface area contributed by atoms with Gasteiger partial charge in [-0.05, 0) is 53.8 Å². The highest BCUT2D eigenvalue weighted by molar-refractivity contribution is 7.91. The maximum absolute atomic E-state index is 12.7. The van der Waals surface area contributed by atoms with E-state index in [0.717, 1.165) is 10.1 Å². The number of rotatable bonds is 5. The summed E-state index contributed by atoms with van der Waals surface area (Å²) in [4.78, 5) is 11.6. The van der Waals surface area contributed by atoms with E-state index in [0.29, 0.717) is 21.7 Å². The van der Waals surface area contributed by atoms with Crippen LogP contribution in [0.3, 0.4) is 0 Å². The predicted molar refractivity (Wildman–Crippen MR) is 103 cm³/mol. The molecular weight excluding hydrogens is 394 g/mol. The zero-order chi connectivity index (χ0) is 18.9. The van der Waals surface area contributed by atoms with Crippen LogP contribution >= 0.6 is 22.9 Å². The lowest BCUT2D eigenvalue weighted by Gasteiger charge is -2.07. The smallest absolute Gasteiger partial charge is 0.337 e. The fraction of sp³-hybridized carbons (Fsp3) is 0.167. The van der Waals surface area contributed by atoms with Gasteiger partial charge in [0.05, 0.1) is 12.7 Å². The number of methoxy groups -OCH3 is 1. The number of hydrogen-bond donors (Lipinski definition) is 1. The Labute approximate surface area is 160 Å². The Bertz CT molecular complexity index is 1090. The van der Waals surface area contributed by atoms with Crippen LogP contribution in [0.1, 0.15) is 21.5 Å². The number of nitrogens with one attached hydrogen (secondary N) is 1. The van der Waals surface area contributed by atoms with E-state index >= 15 is 0 Å². The van der Waals surface area contributed by atoms with Gasteiger partial charge in [-0.1, -0.05) is 23.7 Å². The number of hydrogen-bond acceptors (Lipinski definition) is 5. The topological polar surface area (TPSA) is 72.5 Å². The van der Waals surface area contributed by atoms with E-state index in [-0.39, 0.29) is 10.8 Å². The fourth-order valence-corrected chi connectivity index (χ4v) is 5.58. The zero-order valence-corrected chi connectivity index (χ0v) is 16.5. The number of ether oxygens (including phenoxy) is 1. The first-order chi connectivity index (χ1) is 12.3. The first-order valence-corrected chi connectivity index (χ1v) is 10.3. The molecule has 26 heavy (non-hydrogen) atoms. The molecule has 3 rings (SSSR count). The molecule has 1 aromatic heterocycles. The molecule has 3 aromatic rings. The summed E-state index contributed by atoms with van der Waals surface area (Å²) in [5.74, 6) is -0.466. The largest absolute Gasteiger partial charge is 0.465 e. The molecule has 0 aliphatic carbocycles. The van der Waals surface area contributed by atoms with E-state index in [1.807, 2.05) is 6.07 Å². The van der Waals surface area contributed by atoms with E-state index in [2.05, 4.69) is 9.46 Å². The molecule has 0 saturated heterocycles. The third kappa shape index (κ3) is 3.76. The van der Waals surface area contributed by atoms with E-state index in [4.69, 9.17) is 11.6 Å². The standard InChI is InChI=1S/C18H16ClNO4S2/c1-11-15-9-14(19)6-7-16(15)25-18(11)26(22,23)20-10-12-4-3-5-13(8-12)17(21)24-2/h3-9,20H,10H2,1-2H3. The van der Waals surface area contributed by atoms with Gasteiger partial charge in [0.25, 0.3) is 10.0 Å². The molecule has 0 bridgehead atoms. The minimum absolute atomic E-state index is 0.0710. The second kappa shape index (κ2) is 7.36. The van der Waals surface area contributed by atoms with E-state index in [1.54, 1.807) is 43.3 Å². The molecule has 136 valence electrons. The first kappa shape index (κ1) is 18.8. The molecule has 0 radical (unpaired) electrons. The highest BCUT2D eigenvalue weighted by atomic mass is 35.5. The average Bonchev–Trinajstić information content (AvgIpc) is 2.97. The average molecular weight is 410 g/mol. The van der Waals surface area contributed by atoms with Crippen LogP contribution in [-0.2, 0) is 21.3 Å². The van der Waals surface area contributed by atoms with Gasteiger partial charge in [-0.15, -0.1) is 11.3 Å². The third-order valence-electron chi connectivity index (χ3n) is 3.91. The van der Waals surface area contributed by atoms with Crippen molar-refractivity contribution in [1.29, 1.82) is 0 Å². The number of carbonyl (C=O) groups excluding carboxylic acids is 1. The van der Waals surface area contributed by atoms with Crippen LogP contribution in [0.5, 0.6) is 0 Å². The number of halogens is 1. The predicted octanol–water partition coefficient (Wildman–Crippen LogP) is 4.13. The van der Waals surface area contributed by atoms with Crippen molar-refractivity contribution in [3.8, 4) is 0 Å². The Morgan fingerprint density at radius 1 is 1.23 bits per heavy atom. The maximum Gasteiger partial charge on any atom is 0.337 e. The Hall–Kier alpha value is -1.93. The number of sulfonamides is 1. The number of thiophene rings is 1. The summed E-state index contributed by atoms with van der Waals surface area (Å²) in [5.41, 5.74) is 1.71. The molecule has 0 aliphatic rings. The van der Waals surface area contributed by atoms with Crippen molar-refractivity contribution >= 4 is 49.0 Å². The third-order valence-corrected chi connectivity index (χ3v) is 7.44. The van der Waals surface area contributed by atoms with Gasteiger partial charge in [0.2, 0.25) is 0 Å². The molecule has 0 atom stereocenters.